The molecule has 0 aliphatic rings. The third kappa shape index (κ3) is 26.9. The highest BCUT2D eigenvalue weighted by atomic mass is 79.9. The maximum absolute atomic E-state index is 3.44. The number of nitrogens with zero attached hydrogens (tertiary/aromatic N) is 2. The van der Waals surface area contributed by atoms with Crippen LogP contribution in [0.15, 0.2) is 0 Å². The monoisotopic (exact) mass is 355 g/mol. The van der Waals surface area contributed by atoms with E-state index in [1.807, 2.05) is 26.0 Å². The van der Waals surface area contributed by atoms with Crippen molar-refractivity contribution < 1.29 is 4.48 Å². The summed E-state index contributed by atoms with van der Waals surface area (Å²) in [7, 11) is 12.7. The number of hydrogen-bond donors (Lipinski definition) is 0. The van der Waals surface area contributed by atoms with E-state index >= 15 is 0 Å². The predicted octanol–water partition coefficient (Wildman–Crippen LogP) is 4.98. The fraction of sp³-hybridized carbons (Fsp3) is 1.00. The summed E-state index contributed by atoms with van der Waals surface area (Å²) in [5, 5.41) is 0. The molecule has 2 atom stereocenters. The first-order chi connectivity index (χ1) is 8.23. The molecule has 0 fully saturated rings. The average Bonchev–Trinajstić information content (AvgIpc) is 2.14. The van der Waals surface area contributed by atoms with E-state index in [0.717, 1.165) is 22.4 Å². The van der Waals surface area contributed by atoms with Crippen molar-refractivity contribution in [1.82, 2.24) is 4.90 Å². The number of alkyl halides is 1. The fourth-order valence-corrected chi connectivity index (χ4v) is 0.894. The standard InChI is InChI=1S/C8H20N.C5H11Br.C3H9N.CH4/c1-7(2)8(3)9(4,5)6;1-4(2)5(3)6;1-4(2)3;/h7-8H,1-6H3;4-5H,1-3H3;1-3H3;1H4/q+1;;;. The van der Waals surface area contributed by atoms with Crippen molar-refractivity contribution >= 4 is 15.9 Å². The number of halogens is 1. The van der Waals surface area contributed by atoms with E-state index in [2.05, 4.69) is 78.6 Å². The molecular formula is C17H44BrN2+. The number of quaternary nitrogens is 1. The highest BCUT2D eigenvalue weighted by Crippen LogP contribution is 2.11. The lowest BCUT2D eigenvalue weighted by molar-refractivity contribution is -0.897. The molecule has 0 aliphatic carbocycles. The van der Waals surface area contributed by atoms with Crippen LogP contribution in [0.5, 0.6) is 0 Å². The highest BCUT2D eigenvalue weighted by molar-refractivity contribution is 9.09. The van der Waals surface area contributed by atoms with Crippen LogP contribution in [0.1, 0.15) is 49.0 Å². The van der Waals surface area contributed by atoms with Gasteiger partial charge in [-0.15, -0.1) is 0 Å². The van der Waals surface area contributed by atoms with Gasteiger partial charge in [0.05, 0.1) is 27.2 Å². The highest BCUT2D eigenvalue weighted by Gasteiger charge is 2.20. The quantitative estimate of drug-likeness (QED) is 0.509. The fourth-order valence-electron chi connectivity index (χ4n) is 0.894. The van der Waals surface area contributed by atoms with Crippen LogP contribution in [0.4, 0.5) is 0 Å². The molecule has 0 rings (SSSR count). The van der Waals surface area contributed by atoms with E-state index in [-0.39, 0.29) is 7.43 Å². The minimum absolute atomic E-state index is 0. The molecule has 0 heterocycles. The van der Waals surface area contributed by atoms with Gasteiger partial charge in [-0.25, -0.2) is 0 Å². The summed E-state index contributed by atoms with van der Waals surface area (Å²) in [5.74, 6) is 1.55. The molecule has 20 heavy (non-hydrogen) atoms. The van der Waals surface area contributed by atoms with Crippen LogP contribution in [0.3, 0.4) is 0 Å². The molecule has 0 saturated heterocycles. The molecule has 0 bridgehead atoms. The number of hydrogen-bond acceptors (Lipinski definition) is 1. The summed E-state index contributed by atoms with van der Waals surface area (Å²) in [6.45, 7) is 13.4. The molecule has 0 radical (unpaired) electrons. The van der Waals surface area contributed by atoms with Crippen molar-refractivity contribution in [2.45, 2.75) is 59.8 Å². The van der Waals surface area contributed by atoms with Gasteiger partial charge in [0.25, 0.3) is 0 Å². The smallest absolute Gasteiger partial charge is 0.0878 e. The van der Waals surface area contributed by atoms with Crippen LogP contribution < -0.4 is 0 Å². The third-order valence-corrected chi connectivity index (χ3v) is 4.16. The summed E-state index contributed by atoms with van der Waals surface area (Å²) < 4.78 is 1.07. The molecule has 0 aromatic heterocycles. The molecule has 0 N–H and O–H groups in total. The molecule has 0 aliphatic heterocycles. The first-order valence-corrected chi connectivity index (χ1v) is 8.21. The summed E-state index contributed by atoms with van der Waals surface area (Å²) in [6.07, 6.45) is 0. The van der Waals surface area contributed by atoms with Gasteiger partial charge in [0.1, 0.15) is 0 Å². The Morgan fingerprint density at radius 1 is 0.750 bits per heavy atom. The molecule has 128 valence electrons. The Morgan fingerprint density at radius 2 is 0.950 bits per heavy atom. The molecule has 2 nitrogen and oxygen atoms in total. The van der Waals surface area contributed by atoms with Crippen LogP contribution in [0, 0.1) is 11.8 Å². The molecule has 0 aromatic rings. The lowest BCUT2D eigenvalue weighted by Gasteiger charge is -2.34. The van der Waals surface area contributed by atoms with Gasteiger partial charge >= 0.3 is 0 Å². The predicted molar refractivity (Wildman–Crippen MR) is 102 cm³/mol. The first kappa shape index (κ1) is 28.5. The normalized spacial score (nSPS) is 13.8. The maximum atomic E-state index is 3.44. The minimum atomic E-state index is 0. The molecule has 0 aromatic carbocycles. The van der Waals surface area contributed by atoms with Crippen LogP contribution >= 0.6 is 15.9 Å². The zero-order valence-corrected chi connectivity index (χ0v) is 17.2. The van der Waals surface area contributed by atoms with E-state index in [4.69, 9.17) is 0 Å². The minimum Gasteiger partial charge on any atom is -0.329 e. The Labute approximate surface area is 139 Å². The molecule has 0 amide bonds. The van der Waals surface area contributed by atoms with Gasteiger partial charge in [-0.05, 0) is 34.0 Å². The topological polar surface area (TPSA) is 3.24 Å². The molecule has 0 saturated carbocycles. The van der Waals surface area contributed by atoms with E-state index in [9.17, 15) is 0 Å². The van der Waals surface area contributed by atoms with Crippen molar-refractivity contribution in [2.24, 2.45) is 11.8 Å². The van der Waals surface area contributed by atoms with Gasteiger partial charge in [-0.3, -0.25) is 0 Å². The van der Waals surface area contributed by atoms with Gasteiger partial charge in [0.15, 0.2) is 0 Å². The van der Waals surface area contributed by atoms with E-state index in [0.29, 0.717) is 4.83 Å². The van der Waals surface area contributed by atoms with Gasteiger partial charge in [0.2, 0.25) is 0 Å². The number of rotatable bonds is 3. The second-order valence-corrected chi connectivity index (χ2v) is 8.81. The largest absolute Gasteiger partial charge is 0.329 e. The Balaban J connectivity index is -0.000000102. The SMILES string of the molecule is C.CC(C)C(C)Br.CC(C)C(C)[N+](C)(C)C.CN(C)C. The zero-order valence-electron chi connectivity index (χ0n) is 15.6. The van der Waals surface area contributed by atoms with Gasteiger partial charge in [-0.1, -0.05) is 58.0 Å². The molecule has 2 unspecified atom stereocenters. The van der Waals surface area contributed by atoms with Crippen molar-refractivity contribution in [3.05, 3.63) is 0 Å². The Morgan fingerprint density at radius 3 is 0.950 bits per heavy atom. The zero-order chi connectivity index (χ0) is 16.4. The molecular weight excluding hydrogens is 312 g/mol. The lowest BCUT2D eigenvalue weighted by Crippen LogP contribution is -2.45. The first-order valence-electron chi connectivity index (χ1n) is 7.29. The van der Waals surface area contributed by atoms with Crippen LogP contribution in [-0.4, -0.2) is 62.5 Å². The lowest BCUT2D eigenvalue weighted by atomic mass is 10.0. The van der Waals surface area contributed by atoms with Crippen molar-refractivity contribution in [3.8, 4) is 0 Å². The van der Waals surface area contributed by atoms with Gasteiger partial charge in [-0.2, -0.15) is 0 Å². The Hall–Kier alpha value is 0.400. The maximum Gasteiger partial charge on any atom is 0.0878 e. The van der Waals surface area contributed by atoms with Gasteiger partial charge < -0.3 is 9.38 Å². The van der Waals surface area contributed by atoms with Crippen LogP contribution in [0.25, 0.3) is 0 Å². The Bertz CT molecular complexity index is 173. The Kier molecular flexibility index (Phi) is 20.5. The van der Waals surface area contributed by atoms with Crippen molar-refractivity contribution in [2.75, 3.05) is 42.3 Å². The molecule has 0 spiro atoms. The van der Waals surface area contributed by atoms with Crippen molar-refractivity contribution in [3.63, 3.8) is 0 Å². The average molecular weight is 356 g/mol. The summed E-state index contributed by atoms with van der Waals surface area (Å²) >= 11 is 3.44. The van der Waals surface area contributed by atoms with Crippen LogP contribution in [-0.2, 0) is 0 Å². The molecule has 3 heteroatoms. The van der Waals surface area contributed by atoms with Crippen molar-refractivity contribution in [1.29, 1.82) is 0 Å². The van der Waals surface area contributed by atoms with E-state index < -0.39 is 0 Å². The third-order valence-electron chi connectivity index (χ3n) is 3.11. The van der Waals surface area contributed by atoms with E-state index in [1.165, 1.54) is 0 Å². The summed E-state index contributed by atoms with van der Waals surface area (Å²) in [6, 6.07) is 0.755. The van der Waals surface area contributed by atoms with Crippen LogP contribution in [0.2, 0.25) is 0 Å². The van der Waals surface area contributed by atoms with E-state index in [1.54, 1.807) is 0 Å². The summed E-state index contributed by atoms with van der Waals surface area (Å²) in [4.78, 5) is 2.66. The van der Waals surface area contributed by atoms with Gasteiger partial charge in [0, 0.05) is 10.7 Å². The second-order valence-electron chi connectivity index (χ2n) is 7.36. The second kappa shape index (κ2) is 14.3. The summed E-state index contributed by atoms with van der Waals surface area (Å²) in [5.41, 5.74) is 0.